The molecule has 8 nitrogen and oxygen atoms in total. The van der Waals surface area contributed by atoms with Gasteiger partial charge in [0.15, 0.2) is 0 Å². The molecule has 3 aromatic carbocycles. The first-order valence-electron chi connectivity index (χ1n) is 9.53. The number of para-hydroxylation sites is 2. The van der Waals surface area contributed by atoms with Gasteiger partial charge in [-0.15, -0.1) is 0 Å². The molecule has 0 aromatic heterocycles. The van der Waals surface area contributed by atoms with Gasteiger partial charge in [-0.25, -0.2) is 12.7 Å². The smallest absolute Gasteiger partial charge is 0.293 e. The van der Waals surface area contributed by atoms with Gasteiger partial charge in [0.1, 0.15) is 12.2 Å². The van der Waals surface area contributed by atoms with E-state index in [1.807, 2.05) is 19.1 Å². The Morgan fingerprint density at radius 3 is 2.19 bits per heavy atom. The zero-order valence-corrected chi connectivity index (χ0v) is 17.6. The maximum Gasteiger partial charge on any atom is 0.293 e. The Morgan fingerprint density at radius 1 is 0.968 bits per heavy atom. The first-order valence-corrected chi connectivity index (χ1v) is 11.0. The fourth-order valence-corrected chi connectivity index (χ4v) is 4.46. The van der Waals surface area contributed by atoms with Crippen molar-refractivity contribution in [2.75, 3.05) is 16.2 Å². The number of sulfonamides is 1. The summed E-state index contributed by atoms with van der Waals surface area (Å²) in [7, 11) is -4.24. The molecule has 0 unspecified atom stereocenters. The summed E-state index contributed by atoms with van der Waals surface area (Å²) in [6.07, 6.45) is 0.842. The van der Waals surface area contributed by atoms with Crippen LogP contribution in [0.2, 0.25) is 0 Å². The fraction of sp³-hybridized carbons (Fsp3) is 0.136. The topological polar surface area (TPSA) is 110 Å². The molecule has 31 heavy (non-hydrogen) atoms. The van der Waals surface area contributed by atoms with Gasteiger partial charge in [0.25, 0.3) is 15.7 Å². The number of nitro groups is 1. The van der Waals surface area contributed by atoms with Gasteiger partial charge >= 0.3 is 0 Å². The number of anilines is 2. The third-order valence-electron chi connectivity index (χ3n) is 4.61. The van der Waals surface area contributed by atoms with Crippen LogP contribution in [0.3, 0.4) is 0 Å². The number of amides is 1. The first kappa shape index (κ1) is 22.0. The van der Waals surface area contributed by atoms with Crippen LogP contribution in [0.5, 0.6) is 0 Å². The van der Waals surface area contributed by atoms with E-state index in [-0.39, 0.29) is 10.6 Å². The summed E-state index contributed by atoms with van der Waals surface area (Å²) in [6, 6.07) is 20.1. The van der Waals surface area contributed by atoms with E-state index in [4.69, 9.17) is 0 Å². The molecule has 0 aliphatic carbocycles. The minimum Gasteiger partial charge on any atom is -0.325 e. The van der Waals surface area contributed by atoms with Crippen LogP contribution in [-0.2, 0) is 21.2 Å². The number of carbonyl (C=O) groups excluding carboxylic acids is 1. The Bertz CT molecular complexity index is 1180. The molecule has 0 fully saturated rings. The lowest BCUT2D eigenvalue weighted by Gasteiger charge is -2.23. The Labute approximate surface area is 180 Å². The average molecular weight is 439 g/mol. The lowest BCUT2D eigenvalue weighted by molar-refractivity contribution is -0.384. The van der Waals surface area contributed by atoms with E-state index in [1.54, 1.807) is 30.3 Å². The number of hydrogen-bond donors (Lipinski definition) is 1. The van der Waals surface area contributed by atoms with Crippen LogP contribution in [-0.4, -0.2) is 25.8 Å². The molecular weight excluding hydrogens is 418 g/mol. The van der Waals surface area contributed by atoms with E-state index < -0.39 is 33.1 Å². The van der Waals surface area contributed by atoms with Gasteiger partial charge in [-0.2, -0.15) is 0 Å². The molecule has 0 aliphatic heterocycles. The number of hydrogen-bond acceptors (Lipinski definition) is 5. The summed E-state index contributed by atoms with van der Waals surface area (Å²) in [5.74, 6) is -0.623. The van der Waals surface area contributed by atoms with Crippen molar-refractivity contribution < 1.29 is 18.1 Å². The second-order valence-corrected chi connectivity index (χ2v) is 8.53. The lowest BCUT2D eigenvalue weighted by Crippen LogP contribution is -2.38. The van der Waals surface area contributed by atoms with E-state index in [9.17, 15) is 23.3 Å². The van der Waals surface area contributed by atoms with E-state index >= 15 is 0 Å². The molecule has 0 radical (unpaired) electrons. The highest BCUT2D eigenvalue weighted by atomic mass is 32.2. The Kier molecular flexibility index (Phi) is 6.66. The van der Waals surface area contributed by atoms with Gasteiger partial charge in [-0.05, 0) is 42.3 Å². The van der Waals surface area contributed by atoms with E-state index in [0.29, 0.717) is 5.69 Å². The molecule has 0 saturated carbocycles. The van der Waals surface area contributed by atoms with Gasteiger partial charge in [-0.3, -0.25) is 14.9 Å². The van der Waals surface area contributed by atoms with Gasteiger partial charge in [0.05, 0.1) is 9.82 Å². The van der Waals surface area contributed by atoms with Gasteiger partial charge in [0.2, 0.25) is 5.91 Å². The fourth-order valence-electron chi connectivity index (χ4n) is 3.00. The monoisotopic (exact) mass is 439 g/mol. The molecule has 3 aromatic rings. The SMILES string of the molecule is CCc1ccc(NC(=O)CN(c2ccccc2[N+](=O)[O-])S(=O)(=O)c2ccccc2)cc1. The zero-order valence-electron chi connectivity index (χ0n) is 16.8. The molecular formula is C22H21N3O5S. The maximum absolute atomic E-state index is 13.3. The lowest BCUT2D eigenvalue weighted by atomic mass is 10.1. The van der Waals surface area contributed by atoms with Crippen molar-refractivity contribution in [1.29, 1.82) is 0 Å². The number of carbonyl (C=O) groups is 1. The summed E-state index contributed by atoms with van der Waals surface area (Å²) in [4.78, 5) is 23.5. The normalized spacial score (nSPS) is 11.0. The molecule has 0 atom stereocenters. The number of nitrogens with one attached hydrogen (secondary N) is 1. The van der Waals surface area contributed by atoms with Crippen LogP contribution < -0.4 is 9.62 Å². The third kappa shape index (κ3) is 5.07. The van der Waals surface area contributed by atoms with Crippen LogP contribution in [0.4, 0.5) is 17.1 Å². The second-order valence-electron chi connectivity index (χ2n) is 6.67. The van der Waals surface area contributed by atoms with E-state index in [2.05, 4.69) is 5.32 Å². The van der Waals surface area contributed by atoms with Crippen molar-refractivity contribution in [3.8, 4) is 0 Å². The summed E-state index contributed by atoms with van der Waals surface area (Å²) in [5, 5.41) is 14.2. The molecule has 0 saturated heterocycles. The Morgan fingerprint density at radius 2 is 1.58 bits per heavy atom. The summed E-state index contributed by atoms with van der Waals surface area (Å²) >= 11 is 0. The van der Waals surface area contributed by atoms with Gasteiger partial charge in [0, 0.05) is 11.8 Å². The van der Waals surface area contributed by atoms with Crippen molar-refractivity contribution in [2.24, 2.45) is 0 Å². The van der Waals surface area contributed by atoms with Crippen LogP contribution in [0.15, 0.2) is 83.8 Å². The van der Waals surface area contributed by atoms with Crippen LogP contribution in [0.25, 0.3) is 0 Å². The molecule has 9 heteroatoms. The van der Waals surface area contributed by atoms with E-state index in [0.717, 1.165) is 16.3 Å². The van der Waals surface area contributed by atoms with Gasteiger partial charge < -0.3 is 5.32 Å². The summed E-state index contributed by atoms with van der Waals surface area (Å²) in [6.45, 7) is 1.38. The number of nitrogens with zero attached hydrogens (tertiary/aromatic N) is 2. The largest absolute Gasteiger partial charge is 0.325 e. The number of nitro benzene ring substituents is 1. The Hall–Kier alpha value is -3.72. The molecule has 0 heterocycles. The number of rotatable bonds is 8. The molecule has 160 valence electrons. The molecule has 3 rings (SSSR count). The minimum atomic E-state index is -4.24. The van der Waals surface area contributed by atoms with Crippen LogP contribution in [0.1, 0.15) is 12.5 Å². The van der Waals surface area contributed by atoms with Crippen molar-refractivity contribution >= 4 is 33.0 Å². The van der Waals surface area contributed by atoms with Crippen molar-refractivity contribution in [1.82, 2.24) is 0 Å². The number of benzene rings is 3. The van der Waals surface area contributed by atoms with Crippen LogP contribution >= 0.6 is 0 Å². The molecule has 0 spiro atoms. The Balaban J connectivity index is 1.98. The van der Waals surface area contributed by atoms with Crippen molar-refractivity contribution in [3.63, 3.8) is 0 Å². The molecule has 0 bridgehead atoms. The standard InChI is InChI=1S/C22H21N3O5S/c1-2-17-12-14-18(15-13-17)23-22(26)16-24(20-10-6-7-11-21(20)25(27)28)31(29,30)19-8-4-3-5-9-19/h3-15H,2,16H2,1H3,(H,23,26). The predicted octanol–water partition coefficient (Wildman–Crippen LogP) is 3.99. The summed E-state index contributed by atoms with van der Waals surface area (Å²) < 4.78 is 27.4. The molecule has 0 aliphatic rings. The average Bonchev–Trinajstić information content (AvgIpc) is 2.78. The van der Waals surface area contributed by atoms with Crippen molar-refractivity contribution in [2.45, 2.75) is 18.2 Å². The maximum atomic E-state index is 13.3. The van der Waals surface area contributed by atoms with E-state index in [1.165, 1.54) is 36.4 Å². The third-order valence-corrected chi connectivity index (χ3v) is 6.39. The minimum absolute atomic E-state index is 0.0757. The van der Waals surface area contributed by atoms with Gasteiger partial charge in [-0.1, -0.05) is 49.4 Å². The molecule has 1 N–H and O–H groups in total. The predicted molar refractivity (Wildman–Crippen MR) is 119 cm³/mol. The second kappa shape index (κ2) is 9.40. The highest BCUT2D eigenvalue weighted by molar-refractivity contribution is 7.92. The number of aryl methyl sites for hydroxylation is 1. The molecule has 1 amide bonds. The van der Waals surface area contributed by atoms with Crippen molar-refractivity contribution in [3.05, 3.63) is 94.5 Å². The summed E-state index contributed by atoms with van der Waals surface area (Å²) in [5.41, 5.74) is 0.989. The first-order chi connectivity index (χ1) is 14.8. The van der Waals surface area contributed by atoms with Crippen LogP contribution in [0, 0.1) is 10.1 Å². The highest BCUT2D eigenvalue weighted by Crippen LogP contribution is 2.32. The highest BCUT2D eigenvalue weighted by Gasteiger charge is 2.31. The quantitative estimate of drug-likeness (QED) is 0.422. The zero-order chi connectivity index (χ0) is 22.4.